The van der Waals surface area contributed by atoms with Crippen LogP contribution in [0.5, 0.6) is 0 Å². The Kier molecular flexibility index (Phi) is 6.62. The molecule has 9 nitrogen and oxygen atoms in total. The van der Waals surface area contributed by atoms with Crippen molar-refractivity contribution in [1.29, 1.82) is 0 Å². The molecule has 4 aromatic rings. The Hall–Kier alpha value is -4.27. The van der Waals surface area contributed by atoms with Crippen molar-refractivity contribution in [1.82, 2.24) is 14.5 Å². The first-order valence-corrected chi connectivity index (χ1v) is 12.4. The molecule has 1 aliphatic carbocycles. The summed E-state index contributed by atoms with van der Waals surface area (Å²) in [5, 5.41) is 14.3. The molecule has 2 aromatic heterocycles. The summed E-state index contributed by atoms with van der Waals surface area (Å²) < 4.78 is 2.00. The van der Waals surface area contributed by atoms with Gasteiger partial charge in [0.25, 0.3) is 5.91 Å². The van der Waals surface area contributed by atoms with Gasteiger partial charge in [-0.2, -0.15) is 0 Å². The van der Waals surface area contributed by atoms with Crippen molar-refractivity contribution in [2.24, 2.45) is 5.73 Å². The van der Waals surface area contributed by atoms with E-state index in [1.54, 1.807) is 12.4 Å². The Morgan fingerprint density at radius 3 is 2.36 bits per heavy atom. The van der Waals surface area contributed by atoms with Crippen molar-refractivity contribution < 1.29 is 4.79 Å². The van der Waals surface area contributed by atoms with E-state index in [9.17, 15) is 4.79 Å². The molecule has 9 heteroatoms. The fourth-order valence-electron chi connectivity index (χ4n) is 4.87. The molecule has 0 atom stereocenters. The Bertz CT molecular complexity index is 1370. The highest BCUT2D eigenvalue weighted by molar-refractivity contribution is 5.99. The number of nitrogens with one attached hydrogen (secondary N) is 4. The van der Waals surface area contributed by atoms with Gasteiger partial charge in [0.05, 0.1) is 10.9 Å². The molecule has 1 amide bonds. The van der Waals surface area contributed by atoms with Crippen molar-refractivity contribution in [2.45, 2.75) is 38.1 Å². The molecule has 0 spiro atoms. The first-order chi connectivity index (χ1) is 17.6. The van der Waals surface area contributed by atoms with Gasteiger partial charge >= 0.3 is 0 Å². The van der Waals surface area contributed by atoms with Crippen molar-refractivity contribution >= 4 is 45.5 Å². The molecule has 2 heterocycles. The van der Waals surface area contributed by atoms with Gasteiger partial charge in [0.15, 0.2) is 0 Å². The zero-order valence-electron chi connectivity index (χ0n) is 20.6. The van der Waals surface area contributed by atoms with Crippen LogP contribution in [0.4, 0.5) is 28.6 Å². The van der Waals surface area contributed by atoms with Gasteiger partial charge in [-0.3, -0.25) is 4.79 Å². The molecule has 36 heavy (non-hydrogen) atoms. The molecular weight excluding hydrogens is 452 g/mol. The van der Waals surface area contributed by atoms with Crippen LogP contribution in [0.15, 0.2) is 55.0 Å². The molecule has 0 unspecified atom stereocenters. The number of fused-ring (bicyclic) bond motifs is 1. The molecule has 1 fully saturated rings. The summed E-state index contributed by atoms with van der Waals surface area (Å²) in [4.78, 5) is 21.2. The number of carbonyl (C=O) groups is 1. The molecule has 2 aromatic carbocycles. The summed E-state index contributed by atoms with van der Waals surface area (Å²) in [6, 6.07) is 14.1. The van der Waals surface area contributed by atoms with Crippen LogP contribution in [-0.2, 0) is 0 Å². The number of amides is 1. The fourth-order valence-corrected chi connectivity index (χ4v) is 4.87. The minimum absolute atomic E-state index is 0.350. The van der Waals surface area contributed by atoms with Gasteiger partial charge in [-0.05, 0) is 55.3 Å². The van der Waals surface area contributed by atoms with Crippen molar-refractivity contribution in [3.8, 4) is 5.69 Å². The first kappa shape index (κ1) is 23.5. The highest BCUT2D eigenvalue weighted by atomic mass is 16.1. The minimum atomic E-state index is -0.434. The third-order valence-electron chi connectivity index (χ3n) is 6.77. The van der Waals surface area contributed by atoms with Crippen LogP contribution in [-0.4, -0.2) is 40.6 Å². The molecule has 0 bridgehead atoms. The smallest absolute Gasteiger partial charge is 0.250 e. The van der Waals surface area contributed by atoms with E-state index in [1.165, 1.54) is 19.3 Å². The maximum atomic E-state index is 12.1. The lowest BCUT2D eigenvalue weighted by molar-refractivity contribution is 0.100. The summed E-state index contributed by atoms with van der Waals surface area (Å²) in [5.74, 6) is 0.277. The van der Waals surface area contributed by atoms with Crippen LogP contribution < -0.4 is 27.0 Å². The Morgan fingerprint density at radius 1 is 0.944 bits per heavy atom. The Balaban J connectivity index is 1.50. The molecule has 6 N–H and O–H groups in total. The van der Waals surface area contributed by atoms with Gasteiger partial charge in [0, 0.05) is 54.8 Å². The molecule has 186 valence electrons. The van der Waals surface area contributed by atoms with Crippen LogP contribution in [0.2, 0.25) is 0 Å². The Morgan fingerprint density at radius 2 is 1.67 bits per heavy atom. The maximum Gasteiger partial charge on any atom is 0.250 e. The highest BCUT2D eigenvalue weighted by Crippen LogP contribution is 2.31. The highest BCUT2D eigenvalue weighted by Gasteiger charge is 2.18. The fraction of sp³-hybridized carbons (Fsp3) is 0.296. The third kappa shape index (κ3) is 4.77. The zero-order chi connectivity index (χ0) is 25.1. The van der Waals surface area contributed by atoms with Crippen LogP contribution in [0.1, 0.15) is 42.5 Å². The molecule has 0 aliphatic heterocycles. The van der Waals surface area contributed by atoms with Crippen LogP contribution in [0.25, 0.3) is 16.7 Å². The standard InChI is InChI=1S/C27H32N8O/c1-29-18-12-19(30-2)14-20(13-18)34-26-23-10-11-35(27(23)32-16-31-26)21-8-9-22(25(28)36)24(15-21)33-17-6-4-3-5-7-17/h8-17,29-30,33H,3-7H2,1-2H3,(H2,28,36)(H,31,32,34). The molecule has 0 radical (unpaired) electrons. The van der Waals surface area contributed by atoms with Gasteiger partial charge in [0.1, 0.15) is 17.8 Å². The number of anilines is 5. The lowest BCUT2D eigenvalue weighted by atomic mass is 9.95. The van der Waals surface area contributed by atoms with E-state index >= 15 is 0 Å². The second-order valence-electron chi connectivity index (χ2n) is 9.14. The average Bonchev–Trinajstić information content (AvgIpc) is 3.34. The lowest BCUT2D eigenvalue weighted by Gasteiger charge is -2.25. The number of aromatic nitrogens is 3. The summed E-state index contributed by atoms with van der Waals surface area (Å²) in [6.45, 7) is 0. The van der Waals surface area contributed by atoms with Gasteiger partial charge in [-0.1, -0.05) is 19.3 Å². The van der Waals surface area contributed by atoms with Crippen LogP contribution >= 0.6 is 0 Å². The maximum absolute atomic E-state index is 12.1. The monoisotopic (exact) mass is 484 g/mol. The van der Waals surface area contributed by atoms with Crippen molar-refractivity contribution in [3.63, 3.8) is 0 Å². The topological polar surface area (TPSA) is 122 Å². The number of rotatable bonds is 8. The third-order valence-corrected chi connectivity index (χ3v) is 6.77. The Labute approximate surface area is 210 Å². The number of benzene rings is 2. The summed E-state index contributed by atoms with van der Waals surface area (Å²) in [5.41, 5.74) is 11.5. The van der Waals surface area contributed by atoms with Gasteiger partial charge in [-0.15, -0.1) is 0 Å². The van der Waals surface area contributed by atoms with Gasteiger partial charge < -0.3 is 31.6 Å². The molecule has 5 rings (SSSR count). The SMILES string of the molecule is CNc1cc(NC)cc(Nc2ncnc3c2ccn3-c2ccc(C(N)=O)c(NC3CCCCC3)c2)c1. The minimum Gasteiger partial charge on any atom is -0.388 e. The number of nitrogens with zero attached hydrogens (tertiary/aromatic N) is 3. The molecule has 0 saturated heterocycles. The molecule has 1 aliphatic rings. The summed E-state index contributed by atoms with van der Waals surface area (Å²) in [6.07, 6.45) is 9.39. The molecule has 1 saturated carbocycles. The number of hydrogen-bond donors (Lipinski definition) is 5. The normalized spacial score (nSPS) is 13.9. The predicted octanol–water partition coefficient (Wildman–Crippen LogP) is 5.09. The number of hydrogen-bond acceptors (Lipinski definition) is 7. The van der Waals surface area contributed by atoms with E-state index in [4.69, 9.17) is 5.73 Å². The van der Waals surface area contributed by atoms with Crippen molar-refractivity contribution in [2.75, 3.05) is 35.4 Å². The van der Waals surface area contributed by atoms with Crippen LogP contribution in [0, 0.1) is 0 Å². The van der Waals surface area contributed by atoms with E-state index in [-0.39, 0.29) is 0 Å². The second-order valence-corrected chi connectivity index (χ2v) is 9.14. The second kappa shape index (κ2) is 10.2. The lowest BCUT2D eigenvalue weighted by Crippen LogP contribution is -2.24. The van der Waals surface area contributed by atoms with E-state index in [0.29, 0.717) is 17.4 Å². The van der Waals surface area contributed by atoms with Crippen molar-refractivity contribution in [3.05, 3.63) is 60.6 Å². The van der Waals surface area contributed by atoms with Crippen LogP contribution in [0.3, 0.4) is 0 Å². The van der Waals surface area contributed by atoms with E-state index < -0.39 is 5.91 Å². The van der Waals surface area contributed by atoms with E-state index in [1.807, 2.05) is 61.3 Å². The predicted molar refractivity (Wildman–Crippen MR) is 147 cm³/mol. The number of primary amides is 1. The quantitative estimate of drug-likeness (QED) is 0.236. The zero-order valence-corrected chi connectivity index (χ0v) is 20.6. The van der Waals surface area contributed by atoms with E-state index in [0.717, 1.165) is 52.3 Å². The first-order valence-electron chi connectivity index (χ1n) is 12.4. The van der Waals surface area contributed by atoms with Gasteiger partial charge in [0.2, 0.25) is 0 Å². The summed E-state index contributed by atoms with van der Waals surface area (Å²) in [7, 11) is 3.78. The largest absolute Gasteiger partial charge is 0.388 e. The van der Waals surface area contributed by atoms with Gasteiger partial charge in [-0.25, -0.2) is 9.97 Å². The number of carbonyl (C=O) groups excluding carboxylic acids is 1. The number of nitrogens with two attached hydrogens (primary N) is 1. The van der Waals surface area contributed by atoms with E-state index in [2.05, 4.69) is 31.2 Å². The average molecular weight is 485 g/mol. The summed E-state index contributed by atoms with van der Waals surface area (Å²) >= 11 is 0. The molecular formula is C27H32N8O.